The fraction of sp³-hybridized carbons (Fsp3) is 0.240. The van der Waals surface area contributed by atoms with Crippen LogP contribution >= 0.6 is 23.2 Å². The topological polar surface area (TPSA) is 24.4 Å². The minimum Gasteiger partial charge on any atom is -0.309 e. The van der Waals surface area contributed by atoms with E-state index in [1.807, 2.05) is 24.3 Å². The van der Waals surface area contributed by atoms with Crippen molar-refractivity contribution >= 4 is 35.1 Å². The molecule has 0 radical (unpaired) electrons. The van der Waals surface area contributed by atoms with Gasteiger partial charge in [0.05, 0.1) is 11.1 Å². The number of aliphatic imine (C=N–C) groups is 1. The maximum Gasteiger partial charge on any atom is 0.0683 e. The Hall–Kier alpha value is -2.13. The van der Waals surface area contributed by atoms with Gasteiger partial charge in [0.25, 0.3) is 0 Å². The first kappa shape index (κ1) is 18.9. The molecule has 0 saturated carbocycles. The molecule has 1 fully saturated rings. The first-order chi connectivity index (χ1) is 14.1. The molecule has 1 saturated heterocycles. The molecule has 2 aliphatic rings. The summed E-state index contributed by atoms with van der Waals surface area (Å²) in [6.07, 6.45) is 2.15. The molecule has 29 heavy (non-hydrogen) atoms. The lowest BCUT2D eigenvalue weighted by molar-refractivity contribution is 0.208. The van der Waals surface area contributed by atoms with Crippen molar-refractivity contribution in [3.05, 3.63) is 99.5 Å². The molecule has 0 amide bonds. The van der Waals surface area contributed by atoms with Crippen LogP contribution in [0.15, 0.2) is 77.8 Å². The van der Waals surface area contributed by atoms with Crippen molar-refractivity contribution in [2.45, 2.75) is 24.3 Å². The molecule has 146 valence electrons. The molecule has 1 spiro atoms. The SMILES string of the molecule is C[C@H]1CN[C@@H](c2cccc(Cl)c2)[C@]2(C=Nc3cc(Cl)ccc32)[C@H]1c1ccccc1. The lowest BCUT2D eigenvalue weighted by atomic mass is 9.57. The summed E-state index contributed by atoms with van der Waals surface area (Å²) in [6.45, 7) is 3.25. The number of halogens is 2. The molecule has 4 atom stereocenters. The van der Waals surface area contributed by atoms with Gasteiger partial charge in [-0.1, -0.05) is 78.7 Å². The molecule has 3 aromatic rings. The Kier molecular flexibility index (Phi) is 4.74. The maximum atomic E-state index is 6.38. The highest BCUT2D eigenvalue weighted by Gasteiger charge is 2.54. The van der Waals surface area contributed by atoms with Gasteiger partial charge in [-0.05, 0) is 53.4 Å². The zero-order valence-corrected chi connectivity index (χ0v) is 17.7. The summed E-state index contributed by atoms with van der Waals surface area (Å²) < 4.78 is 0. The first-order valence-corrected chi connectivity index (χ1v) is 10.7. The second-order valence-electron chi connectivity index (χ2n) is 8.11. The highest BCUT2D eigenvalue weighted by atomic mass is 35.5. The van der Waals surface area contributed by atoms with Crippen LogP contribution in [0.25, 0.3) is 0 Å². The Labute approximate surface area is 181 Å². The molecule has 5 rings (SSSR count). The number of nitrogens with zero attached hydrogens (tertiary/aromatic N) is 1. The van der Waals surface area contributed by atoms with Gasteiger partial charge in [0.2, 0.25) is 0 Å². The van der Waals surface area contributed by atoms with Gasteiger partial charge in [-0.3, -0.25) is 4.99 Å². The number of fused-ring (bicyclic) bond motifs is 2. The number of piperidine rings is 1. The van der Waals surface area contributed by atoms with Crippen LogP contribution in [0, 0.1) is 5.92 Å². The van der Waals surface area contributed by atoms with Crippen molar-refractivity contribution in [3.8, 4) is 0 Å². The standard InChI is InChI=1S/C25H22Cl2N2/c1-16-14-28-24(18-8-5-9-19(26)12-18)25(23(16)17-6-3-2-4-7-17)15-29-22-13-20(27)10-11-21(22)25/h2-13,15-16,23-24,28H,14H2,1H3/t16-,23+,24-,25-/m0/s1. The third kappa shape index (κ3) is 3.02. The molecular weight excluding hydrogens is 399 g/mol. The molecule has 3 aromatic carbocycles. The van der Waals surface area contributed by atoms with Gasteiger partial charge >= 0.3 is 0 Å². The zero-order chi connectivity index (χ0) is 20.0. The Morgan fingerprint density at radius 3 is 2.45 bits per heavy atom. The molecule has 2 heterocycles. The van der Waals surface area contributed by atoms with E-state index in [1.165, 1.54) is 16.7 Å². The van der Waals surface area contributed by atoms with Gasteiger partial charge in [-0.2, -0.15) is 0 Å². The second-order valence-corrected chi connectivity index (χ2v) is 8.99. The lowest BCUT2D eigenvalue weighted by Gasteiger charge is -2.50. The van der Waals surface area contributed by atoms with Crippen molar-refractivity contribution < 1.29 is 0 Å². The van der Waals surface area contributed by atoms with Crippen molar-refractivity contribution in [1.29, 1.82) is 0 Å². The average Bonchev–Trinajstić information content (AvgIpc) is 3.07. The van der Waals surface area contributed by atoms with Crippen molar-refractivity contribution in [1.82, 2.24) is 5.32 Å². The third-order valence-electron chi connectivity index (χ3n) is 6.39. The van der Waals surface area contributed by atoms with E-state index >= 15 is 0 Å². The molecular formula is C25H22Cl2N2. The van der Waals surface area contributed by atoms with E-state index < -0.39 is 0 Å². The van der Waals surface area contributed by atoms with Crippen LogP contribution in [-0.4, -0.2) is 12.8 Å². The average molecular weight is 421 g/mol. The molecule has 1 N–H and O–H groups in total. The van der Waals surface area contributed by atoms with Gasteiger partial charge < -0.3 is 5.32 Å². The van der Waals surface area contributed by atoms with E-state index in [2.05, 4.69) is 67.0 Å². The predicted octanol–water partition coefficient (Wildman–Crippen LogP) is 6.71. The number of rotatable bonds is 2. The molecule has 0 bridgehead atoms. The number of hydrogen-bond donors (Lipinski definition) is 1. The molecule has 0 aromatic heterocycles. The molecule has 0 aliphatic carbocycles. The summed E-state index contributed by atoms with van der Waals surface area (Å²) in [7, 11) is 0. The number of hydrogen-bond acceptors (Lipinski definition) is 2. The predicted molar refractivity (Wildman–Crippen MR) is 122 cm³/mol. The van der Waals surface area contributed by atoms with Crippen LogP contribution in [0.4, 0.5) is 5.69 Å². The van der Waals surface area contributed by atoms with Crippen molar-refractivity contribution in [3.63, 3.8) is 0 Å². The van der Waals surface area contributed by atoms with Gasteiger partial charge in [0.1, 0.15) is 0 Å². The Morgan fingerprint density at radius 1 is 0.897 bits per heavy atom. The van der Waals surface area contributed by atoms with E-state index in [0.717, 1.165) is 17.3 Å². The van der Waals surface area contributed by atoms with Gasteiger partial charge in [0.15, 0.2) is 0 Å². The first-order valence-electron chi connectivity index (χ1n) is 9.98. The van der Waals surface area contributed by atoms with Crippen LogP contribution in [0.3, 0.4) is 0 Å². The minimum atomic E-state index is -0.316. The fourth-order valence-electron chi connectivity index (χ4n) is 5.29. The van der Waals surface area contributed by atoms with Gasteiger partial charge in [0, 0.05) is 28.2 Å². The van der Waals surface area contributed by atoms with Crippen LogP contribution < -0.4 is 5.32 Å². The van der Waals surface area contributed by atoms with Crippen molar-refractivity contribution in [2.75, 3.05) is 6.54 Å². The van der Waals surface area contributed by atoms with E-state index in [1.54, 1.807) is 0 Å². The highest BCUT2D eigenvalue weighted by molar-refractivity contribution is 6.31. The fourth-order valence-corrected chi connectivity index (χ4v) is 5.65. The van der Waals surface area contributed by atoms with E-state index in [-0.39, 0.29) is 17.4 Å². The highest BCUT2D eigenvalue weighted by Crippen LogP contribution is 2.57. The Bertz CT molecular complexity index is 1080. The van der Waals surface area contributed by atoms with Crippen LogP contribution in [0.1, 0.15) is 35.6 Å². The number of nitrogens with one attached hydrogen (secondary N) is 1. The van der Waals surface area contributed by atoms with Crippen LogP contribution in [0.2, 0.25) is 10.0 Å². The molecule has 0 unspecified atom stereocenters. The van der Waals surface area contributed by atoms with Gasteiger partial charge in [-0.15, -0.1) is 0 Å². The van der Waals surface area contributed by atoms with E-state index in [9.17, 15) is 0 Å². The normalized spacial score (nSPS) is 27.9. The summed E-state index contributed by atoms with van der Waals surface area (Å²) >= 11 is 12.7. The molecule has 4 heteroatoms. The summed E-state index contributed by atoms with van der Waals surface area (Å²) in [4.78, 5) is 4.86. The van der Waals surface area contributed by atoms with Crippen molar-refractivity contribution in [2.24, 2.45) is 10.9 Å². The zero-order valence-electron chi connectivity index (χ0n) is 16.1. The minimum absolute atomic E-state index is 0.0637. The Balaban J connectivity index is 1.77. The van der Waals surface area contributed by atoms with Gasteiger partial charge in [-0.25, -0.2) is 0 Å². The molecule has 2 nitrogen and oxygen atoms in total. The number of benzene rings is 3. The van der Waals surface area contributed by atoms with E-state index in [4.69, 9.17) is 28.2 Å². The smallest absolute Gasteiger partial charge is 0.0683 e. The summed E-state index contributed by atoms with van der Waals surface area (Å²) in [6, 6.07) is 25.2. The quantitative estimate of drug-likeness (QED) is 0.489. The summed E-state index contributed by atoms with van der Waals surface area (Å²) in [5, 5.41) is 5.28. The Morgan fingerprint density at radius 2 is 1.66 bits per heavy atom. The largest absolute Gasteiger partial charge is 0.309 e. The maximum absolute atomic E-state index is 6.38. The lowest BCUT2D eigenvalue weighted by Crippen LogP contribution is -2.54. The van der Waals surface area contributed by atoms with Crippen LogP contribution in [-0.2, 0) is 5.41 Å². The van der Waals surface area contributed by atoms with Crippen LogP contribution in [0.5, 0.6) is 0 Å². The summed E-state index contributed by atoms with van der Waals surface area (Å²) in [5.41, 5.74) is 4.38. The second kappa shape index (κ2) is 7.28. The third-order valence-corrected chi connectivity index (χ3v) is 6.86. The molecule has 2 aliphatic heterocycles. The van der Waals surface area contributed by atoms with E-state index in [0.29, 0.717) is 10.9 Å². The monoisotopic (exact) mass is 420 g/mol. The summed E-state index contributed by atoms with van der Waals surface area (Å²) in [5.74, 6) is 0.709.